The van der Waals surface area contributed by atoms with Gasteiger partial charge in [0, 0.05) is 0 Å². The van der Waals surface area contributed by atoms with Gasteiger partial charge >= 0.3 is 0 Å². The highest BCUT2D eigenvalue weighted by molar-refractivity contribution is 5.96. The van der Waals surface area contributed by atoms with Gasteiger partial charge in [0.1, 0.15) is 11.3 Å². The van der Waals surface area contributed by atoms with E-state index in [-0.39, 0.29) is 11.8 Å². The number of anilines is 2. The molecule has 1 heterocycles. The van der Waals surface area contributed by atoms with E-state index in [9.17, 15) is 0 Å². The van der Waals surface area contributed by atoms with E-state index in [0.717, 1.165) is 0 Å². The van der Waals surface area contributed by atoms with Crippen LogP contribution >= 0.6 is 0 Å². The Morgan fingerprint density at radius 3 is 2.17 bits per heavy atom. The summed E-state index contributed by atoms with van der Waals surface area (Å²) in [4.78, 5) is 8.02. The Hall–Kier alpha value is -2.44. The van der Waals surface area contributed by atoms with Crippen LogP contribution in [0.3, 0.4) is 0 Å². The normalized spacial score (nSPS) is 10.4. The number of fused-ring (bicyclic) bond motifs is 1. The average Bonchev–Trinajstić information content (AvgIpc) is 2.36. The van der Waals surface area contributed by atoms with E-state index in [1.54, 1.807) is 6.07 Å². The van der Waals surface area contributed by atoms with E-state index >= 15 is 0 Å². The number of nitrogens with zero attached hydrogens (tertiary/aromatic N) is 2. The first-order valence-electron chi connectivity index (χ1n) is 5.14. The summed E-state index contributed by atoms with van der Waals surface area (Å²) in [5.74, 6) is 1.67. The van der Waals surface area contributed by atoms with Gasteiger partial charge in [-0.25, -0.2) is 4.98 Å². The Morgan fingerprint density at radius 2 is 1.61 bits per heavy atom. The summed E-state index contributed by atoms with van der Waals surface area (Å²) in [7, 11) is 4.54. The van der Waals surface area contributed by atoms with Crippen molar-refractivity contribution in [3.63, 3.8) is 0 Å². The highest BCUT2D eigenvalue weighted by Gasteiger charge is 2.19. The predicted molar refractivity (Wildman–Crippen MR) is 68.0 cm³/mol. The third kappa shape index (κ3) is 1.69. The Kier molecular flexibility index (Phi) is 2.97. The van der Waals surface area contributed by atoms with Crippen molar-refractivity contribution in [2.24, 2.45) is 0 Å². The lowest BCUT2D eigenvalue weighted by molar-refractivity contribution is 0.327. The first kappa shape index (κ1) is 12.0. The molecule has 0 bridgehead atoms. The predicted octanol–water partition coefficient (Wildman–Crippen LogP) is 0.820. The summed E-state index contributed by atoms with van der Waals surface area (Å²) in [5.41, 5.74) is 11.9. The maximum Gasteiger partial charge on any atom is 0.222 e. The van der Waals surface area contributed by atoms with Crippen molar-refractivity contribution in [1.29, 1.82) is 0 Å². The lowest BCUT2D eigenvalue weighted by Gasteiger charge is -2.14. The Labute approximate surface area is 104 Å². The zero-order valence-electron chi connectivity index (χ0n) is 10.4. The standard InChI is InChI=1S/C11H14N4O3/c1-16-6-4-5-7(9(18-3)8(6)17-2)14-11(13)15-10(5)12/h4H,1-3H3,(H4,12,13,14,15). The molecule has 2 aromatic rings. The van der Waals surface area contributed by atoms with Crippen molar-refractivity contribution in [2.75, 3.05) is 32.8 Å². The van der Waals surface area contributed by atoms with Crippen LogP contribution < -0.4 is 25.7 Å². The molecule has 1 aromatic heterocycles. The average molecular weight is 250 g/mol. The van der Waals surface area contributed by atoms with Gasteiger partial charge < -0.3 is 25.7 Å². The monoisotopic (exact) mass is 250 g/mol. The molecule has 7 nitrogen and oxygen atoms in total. The summed E-state index contributed by atoms with van der Waals surface area (Å²) in [6, 6.07) is 1.69. The smallest absolute Gasteiger partial charge is 0.222 e. The number of rotatable bonds is 3. The molecule has 18 heavy (non-hydrogen) atoms. The molecule has 0 saturated heterocycles. The molecule has 0 unspecified atom stereocenters. The van der Waals surface area contributed by atoms with Crippen molar-refractivity contribution in [3.05, 3.63) is 6.07 Å². The minimum atomic E-state index is 0.0746. The summed E-state index contributed by atoms with van der Waals surface area (Å²) < 4.78 is 15.8. The van der Waals surface area contributed by atoms with Crippen molar-refractivity contribution < 1.29 is 14.2 Å². The van der Waals surface area contributed by atoms with Crippen LogP contribution in [0.1, 0.15) is 0 Å². The SMILES string of the molecule is COc1cc2c(N)nc(N)nc2c(OC)c1OC. The molecule has 0 atom stereocenters. The van der Waals surface area contributed by atoms with E-state index in [1.807, 2.05) is 0 Å². The lowest BCUT2D eigenvalue weighted by Crippen LogP contribution is -2.03. The molecule has 4 N–H and O–H groups in total. The van der Waals surface area contributed by atoms with E-state index in [1.165, 1.54) is 21.3 Å². The fourth-order valence-electron chi connectivity index (χ4n) is 1.77. The van der Waals surface area contributed by atoms with Crippen LogP contribution in [0.25, 0.3) is 10.9 Å². The number of ether oxygens (including phenoxy) is 3. The molecule has 1 aromatic carbocycles. The Morgan fingerprint density at radius 1 is 0.944 bits per heavy atom. The van der Waals surface area contributed by atoms with Crippen LogP contribution in [0, 0.1) is 0 Å². The van der Waals surface area contributed by atoms with E-state index in [4.69, 9.17) is 25.7 Å². The Bertz CT molecular complexity index is 601. The number of nitrogens with two attached hydrogens (primary N) is 2. The topological polar surface area (TPSA) is 106 Å². The van der Waals surface area contributed by atoms with Gasteiger partial charge in [-0.05, 0) is 6.07 Å². The van der Waals surface area contributed by atoms with Crippen LogP contribution in [0.5, 0.6) is 17.2 Å². The van der Waals surface area contributed by atoms with Gasteiger partial charge in [-0.2, -0.15) is 4.98 Å². The molecule has 0 amide bonds. The lowest BCUT2D eigenvalue weighted by atomic mass is 10.2. The first-order valence-corrected chi connectivity index (χ1v) is 5.14. The second-order valence-electron chi connectivity index (χ2n) is 3.51. The number of aromatic nitrogens is 2. The van der Waals surface area contributed by atoms with Crippen molar-refractivity contribution in [1.82, 2.24) is 9.97 Å². The van der Waals surface area contributed by atoms with E-state index < -0.39 is 0 Å². The van der Waals surface area contributed by atoms with Crippen LogP contribution in [-0.4, -0.2) is 31.3 Å². The maximum absolute atomic E-state index is 5.81. The second kappa shape index (κ2) is 4.44. The highest BCUT2D eigenvalue weighted by Crippen LogP contribution is 2.43. The number of hydrogen-bond acceptors (Lipinski definition) is 7. The summed E-state index contributed by atoms with van der Waals surface area (Å²) in [5, 5.41) is 0.596. The number of hydrogen-bond donors (Lipinski definition) is 2. The van der Waals surface area contributed by atoms with Crippen molar-refractivity contribution in [2.45, 2.75) is 0 Å². The van der Waals surface area contributed by atoms with Gasteiger partial charge in [-0.3, -0.25) is 0 Å². The minimum Gasteiger partial charge on any atom is -0.493 e. The molecule has 96 valence electrons. The molecule has 2 rings (SSSR count). The van der Waals surface area contributed by atoms with Gasteiger partial charge in [0.15, 0.2) is 11.5 Å². The van der Waals surface area contributed by atoms with E-state index in [0.29, 0.717) is 28.2 Å². The molecule has 0 aliphatic rings. The van der Waals surface area contributed by atoms with Gasteiger partial charge in [-0.15, -0.1) is 0 Å². The largest absolute Gasteiger partial charge is 0.493 e. The third-order valence-electron chi connectivity index (χ3n) is 2.54. The number of nitrogen functional groups attached to an aromatic ring is 2. The molecular weight excluding hydrogens is 236 g/mol. The van der Waals surface area contributed by atoms with Crippen molar-refractivity contribution in [3.8, 4) is 17.2 Å². The third-order valence-corrected chi connectivity index (χ3v) is 2.54. The molecule has 0 spiro atoms. The Balaban J connectivity index is 2.92. The van der Waals surface area contributed by atoms with Crippen molar-refractivity contribution >= 4 is 22.7 Å². The van der Waals surface area contributed by atoms with Gasteiger partial charge in [0.05, 0.1) is 26.7 Å². The highest BCUT2D eigenvalue weighted by atomic mass is 16.5. The number of methoxy groups -OCH3 is 3. The molecule has 0 saturated carbocycles. The summed E-state index contributed by atoms with van der Waals surface area (Å²) >= 11 is 0. The fraction of sp³-hybridized carbons (Fsp3) is 0.273. The molecule has 0 fully saturated rings. The molecule has 0 aliphatic carbocycles. The molecule has 0 radical (unpaired) electrons. The van der Waals surface area contributed by atoms with Crippen LogP contribution in [0.2, 0.25) is 0 Å². The van der Waals surface area contributed by atoms with Gasteiger partial charge in [0.25, 0.3) is 0 Å². The van der Waals surface area contributed by atoms with Gasteiger partial charge in [-0.1, -0.05) is 0 Å². The zero-order valence-corrected chi connectivity index (χ0v) is 10.4. The van der Waals surface area contributed by atoms with E-state index in [2.05, 4.69) is 9.97 Å². The van der Waals surface area contributed by atoms with Gasteiger partial charge in [0.2, 0.25) is 11.7 Å². The summed E-state index contributed by atoms with van der Waals surface area (Å²) in [6.07, 6.45) is 0. The summed E-state index contributed by atoms with van der Waals surface area (Å²) in [6.45, 7) is 0. The quantitative estimate of drug-likeness (QED) is 0.830. The second-order valence-corrected chi connectivity index (χ2v) is 3.51. The van der Waals surface area contributed by atoms with Crippen LogP contribution in [0.15, 0.2) is 6.07 Å². The maximum atomic E-state index is 5.81. The molecule has 7 heteroatoms. The van der Waals surface area contributed by atoms with Crippen LogP contribution in [-0.2, 0) is 0 Å². The number of benzene rings is 1. The first-order chi connectivity index (χ1) is 8.62. The molecular formula is C11H14N4O3. The zero-order chi connectivity index (χ0) is 13.3. The molecule has 0 aliphatic heterocycles. The fourth-order valence-corrected chi connectivity index (χ4v) is 1.77. The minimum absolute atomic E-state index is 0.0746. The van der Waals surface area contributed by atoms with Crippen LogP contribution in [0.4, 0.5) is 11.8 Å².